The van der Waals surface area contributed by atoms with E-state index in [2.05, 4.69) is 34.0 Å². The Labute approximate surface area is 190 Å². The number of hydrogen-bond acceptors (Lipinski definition) is 8. The van der Waals surface area contributed by atoms with E-state index in [1.54, 1.807) is 7.11 Å². The first kappa shape index (κ1) is 21.9. The molecule has 1 aliphatic rings. The Morgan fingerprint density at radius 2 is 1.94 bits per heavy atom. The number of nitrogens with one attached hydrogen (secondary N) is 1. The Bertz CT molecular complexity index is 1040. The lowest BCUT2D eigenvalue weighted by molar-refractivity contribution is -0.0707. The molecule has 1 aromatic carbocycles. The molecular formula is C22H26N4O3S2. The van der Waals surface area contributed by atoms with Gasteiger partial charge in [0.25, 0.3) is 5.91 Å². The number of nitrogens with zero attached hydrogens (tertiary/aromatic N) is 3. The maximum atomic E-state index is 12.8. The highest BCUT2D eigenvalue weighted by Gasteiger charge is 2.23. The highest BCUT2D eigenvalue weighted by atomic mass is 32.1. The van der Waals surface area contributed by atoms with Crippen molar-refractivity contribution in [3.05, 3.63) is 45.9 Å². The number of anilines is 1. The maximum Gasteiger partial charge on any atom is 0.269 e. The summed E-state index contributed by atoms with van der Waals surface area (Å²) >= 11 is 2.83. The zero-order valence-corrected chi connectivity index (χ0v) is 19.7. The largest absolute Gasteiger partial charge is 0.497 e. The number of morpholine rings is 1. The number of methoxy groups -OCH3 is 1. The average molecular weight is 459 g/mol. The second-order valence-electron chi connectivity index (χ2n) is 7.71. The molecule has 1 fully saturated rings. The van der Waals surface area contributed by atoms with Crippen molar-refractivity contribution in [2.24, 2.45) is 0 Å². The molecule has 4 rings (SSSR count). The van der Waals surface area contributed by atoms with Gasteiger partial charge in [0.05, 0.1) is 30.7 Å². The van der Waals surface area contributed by atoms with Crippen LogP contribution in [-0.4, -0.2) is 53.2 Å². The van der Waals surface area contributed by atoms with E-state index in [9.17, 15) is 4.79 Å². The highest BCUT2D eigenvalue weighted by molar-refractivity contribution is 7.17. The van der Waals surface area contributed by atoms with E-state index in [-0.39, 0.29) is 18.1 Å². The van der Waals surface area contributed by atoms with E-state index < -0.39 is 0 Å². The van der Waals surface area contributed by atoms with Gasteiger partial charge in [0, 0.05) is 30.6 Å². The van der Waals surface area contributed by atoms with Crippen molar-refractivity contribution < 1.29 is 14.3 Å². The molecular weight excluding hydrogens is 432 g/mol. The molecule has 0 aliphatic carbocycles. The lowest BCUT2D eigenvalue weighted by Gasteiger charge is -2.34. The summed E-state index contributed by atoms with van der Waals surface area (Å²) in [6.07, 6.45) is 0.437. The quantitative estimate of drug-likeness (QED) is 0.588. The number of aromatic nitrogens is 2. The van der Waals surface area contributed by atoms with Crippen molar-refractivity contribution in [3.63, 3.8) is 0 Å². The van der Waals surface area contributed by atoms with Gasteiger partial charge in [-0.2, -0.15) is 0 Å². The molecule has 31 heavy (non-hydrogen) atoms. The topological polar surface area (TPSA) is 76.6 Å². The van der Waals surface area contributed by atoms with Crippen LogP contribution < -0.4 is 10.1 Å². The zero-order valence-electron chi connectivity index (χ0n) is 18.0. The van der Waals surface area contributed by atoms with Crippen molar-refractivity contribution in [2.45, 2.75) is 39.5 Å². The smallest absolute Gasteiger partial charge is 0.269 e. The Balaban J connectivity index is 1.41. The van der Waals surface area contributed by atoms with Gasteiger partial charge in [-0.25, -0.2) is 9.97 Å². The third-order valence-electron chi connectivity index (χ3n) is 4.99. The van der Waals surface area contributed by atoms with Crippen LogP contribution in [0.4, 0.5) is 5.13 Å². The van der Waals surface area contributed by atoms with Crippen LogP contribution in [0.25, 0.3) is 10.6 Å². The van der Waals surface area contributed by atoms with E-state index in [0.717, 1.165) is 41.6 Å². The van der Waals surface area contributed by atoms with Gasteiger partial charge in [-0.15, -0.1) is 22.7 Å². The fraction of sp³-hybridized carbons (Fsp3) is 0.409. The highest BCUT2D eigenvalue weighted by Crippen LogP contribution is 2.30. The summed E-state index contributed by atoms with van der Waals surface area (Å²) in [6, 6.07) is 7.66. The molecule has 3 aromatic rings. The van der Waals surface area contributed by atoms with E-state index in [1.807, 2.05) is 36.6 Å². The third kappa shape index (κ3) is 5.30. The number of carbonyl (C=O) groups is 1. The van der Waals surface area contributed by atoms with Gasteiger partial charge < -0.3 is 9.47 Å². The first-order chi connectivity index (χ1) is 14.9. The van der Waals surface area contributed by atoms with E-state index in [0.29, 0.717) is 15.7 Å². The van der Waals surface area contributed by atoms with Crippen LogP contribution in [0, 0.1) is 6.92 Å². The number of ether oxygens (including phenoxy) is 2. The van der Waals surface area contributed by atoms with Crippen molar-refractivity contribution >= 4 is 33.7 Å². The van der Waals surface area contributed by atoms with E-state index in [1.165, 1.54) is 22.7 Å². The lowest BCUT2D eigenvalue weighted by Crippen LogP contribution is -2.44. The first-order valence-electron chi connectivity index (χ1n) is 10.2. The van der Waals surface area contributed by atoms with Crippen LogP contribution >= 0.6 is 22.7 Å². The second-order valence-corrected chi connectivity index (χ2v) is 9.57. The standard InChI is InChI=1S/C22H26N4O3S2/c1-13-9-26(10-14(2)29-13)11-17-12-30-22(24-17)25-20(27)19-15(3)23-21(31-19)16-5-7-18(28-4)8-6-16/h5-8,12-14H,9-11H2,1-4H3,(H,24,25,27)/t13-,14-/m1/s1. The van der Waals surface area contributed by atoms with Gasteiger partial charge in [0.15, 0.2) is 5.13 Å². The summed E-state index contributed by atoms with van der Waals surface area (Å²) < 4.78 is 11.0. The molecule has 2 aromatic heterocycles. The molecule has 1 saturated heterocycles. The zero-order chi connectivity index (χ0) is 22.0. The minimum Gasteiger partial charge on any atom is -0.497 e. The number of amides is 1. The summed E-state index contributed by atoms with van der Waals surface area (Å²) in [6.45, 7) is 8.56. The predicted octanol–water partition coefficient (Wildman–Crippen LogP) is 4.45. The number of hydrogen-bond donors (Lipinski definition) is 1. The fourth-order valence-corrected chi connectivity index (χ4v) is 5.36. The molecule has 0 radical (unpaired) electrons. The van der Waals surface area contributed by atoms with Crippen LogP contribution in [0.5, 0.6) is 5.75 Å². The number of rotatable bonds is 6. The summed E-state index contributed by atoms with van der Waals surface area (Å²) in [5.74, 6) is 0.611. The molecule has 1 amide bonds. The minimum atomic E-state index is -0.177. The minimum absolute atomic E-state index is 0.177. The number of thiazole rings is 2. The van der Waals surface area contributed by atoms with Gasteiger partial charge in [-0.05, 0) is 45.0 Å². The summed E-state index contributed by atoms with van der Waals surface area (Å²) in [4.78, 5) is 25.0. The van der Waals surface area contributed by atoms with Gasteiger partial charge in [0.2, 0.25) is 0 Å². The summed E-state index contributed by atoms with van der Waals surface area (Å²) in [5, 5.41) is 6.35. The lowest BCUT2D eigenvalue weighted by atomic mass is 10.2. The Kier molecular flexibility index (Phi) is 6.66. The molecule has 1 aliphatic heterocycles. The monoisotopic (exact) mass is 458 g/mol. The summed E-state index contributed by atoms with van der Waals surface area (Å²) in [5.41, 5.74) is 2.63. The molecule has 0 unspecified atom stereocenters. The third-order valence-corrected chi connectivity index (χ3v) is 7.00. The van der Waals surface area contributed by atoms with Gasteiger partial charge in [0.1, 0.15) is 15.6 Å². The number of aryl methyl sites for hydroxylation is 1. The van der Waals surface area contributed by atoms with Crippen molar-refractivity contribution in [3.8, 4) is 16.3 Å². The number of carbonyl (C=O) groups excluding carboxylic acids is 1. The molecule has 164 valence electrons. The van der Waals surface area contributed by atoms with Gasteiger partial charge in [-0.1, -0.05) is 0 Å². The Hall–Kier alpha value is -2.33. The van der Waals surface area contributed by atoms with Crippen LogP contribution in [-0.2, 0) is 11.3 Å². The van der Waals surface area contributed by atoms with Crippen LogP contribution in [0.3, 0.4) is 0 Å². The SMILES string of the molecule is COc1ccc(-c2nc(C)c(C(=O)Nc3nc(CN4C[C@@H](C)O[C@H](C)C4)cs3)s2)cc1. The van der Waals surface area contributed by atoms with Crippen molar-refractivity contribution in [1.82, 2.24) is 14.9 Å². The van der Waals surface area contributed by atoms with E-state index >= 15 is 0 Å². The Morgan fingerprint density at radius 1 is 1.23 bits per heavy atom. The molecule has 7 nitrogen and oxygen atoms in total. The van der Waals surface area contributed by atoms with Gasteiger partial charge >= 0.3 is 0 Å². The van der Waals surface area contributed by atoms with Crippen LogP contribution in [0.1, 0.15) is 34.9 Å². The molecule has 3 heterocycles. The van der Waals surface area contributed by atoms with Crippen molar-refractivity contribution in [2.75, 3.05) is 25.5 Å². The van der Waals surface area contributed by atoms with Gasteiger partial charge in [-0.3, -0.25) is 15.0 Å². The van der Waals surface area contributed by atoms with Crippen LogP contribution in [0.2, 0.25) is 0 Å². The first-order valence-corrected chi connectivity index (χ1v) is 11.9. The maximum absolute atomic E-state index is 12.8. The molecule has 0 spiro atoms. The number of benzene rings is 1. The Morgan fingerprint density at radius 3 is 2.61 bits per heavy atom. The molecule has 2 atom stereocenters. The normalized spacial score (nSPS) is 19.4. The molecule has 0 bridgehead atoms. The predicted molar refractivity (Wildman–Crippen MR) is 124 cm³/mol. The fourth-order valence-electron chi connectivity index (χ4n) is 3.70. The molecule has 0 saturated carbocycles. The van der Waals surface area contributed by atoms with Crippen LogP contribution in [0.15, 0.2) is 29.6 Å². The summed E-state index contributed by atoms with van der Waals surface area (Å²) in [7, 11) is 1.64. The second kappa shape index (κ2) is 9.44. The average Bonchev–Trinajstić information content (AvgIpc) is 3.33. The van der Waals surface area contributed by atoms with E-state index in [4.69, 9.17) is 9.47 Å². The molecule has 9 heteroatoms. The van der Waals surface area contributed by atoms with Crippen molar-refractivity contribution in [1.29, 1.82) is 0 Å². The molecule has 1 N–H and O–H groups in total.